The minimum atomic E-state index is 0.175. The summed E-state index contributed by atoms with van der Waals surface area (Å²) in [6.45, 7) is 7.78. The van der Waals surface area contributed by atoms with Gasteiger partial charge in [0.2, 0.25) is 0 Å². The Hall–Kier alpha value is -1.96. The van der Waals surface area contributed by atoms with E-state index in [1.165, 1.54) is 42.4 Å². The summed E-state index contributed by atoms with van der Waals surface area (Å²) in [4.78, 5) is 0. The van der Waals surface area contributed by atoms with Gasteiger partial charge in [-0.05, 0) is 72.1 Å². The van der Waals surface area contributed by atoms with Crippen LogP contribution >= 0.6 is 0 Å². The summed E-state index contributed by atoms with van der Waals surface area (Å²) in [5.74, 6) is 1.86. The van der Waals surface area contributed by atoms with Crippen molar-refractivity contribution in [3.8, 4) is 11.5 Å². The Kier molecular flexibility index (Phi) is 5.13. The molecule has 0 bridgehead atoms. The third-order valence-electron chi connectivity index (χ3n) is 4.66. The lowest BCUT2D eigenvalue weighted by Gasteiger charge is -2.19. The first kappa shape index (κ1) is 16.9. The fourth-order valence-corrected chi connectivity index (χ4v) is 3.17. The topological polar surface area (TPSA) is 18.5 Å². The van der Waals surface area contributed by atoms with Gasteiger partial charge in [-0.2, -0.15) is 0 Å². The Morgan fingerprint density at radius 3 is 2.00 bits per heavy atom. The van der Waals surface area contributed by atoms with Crippen molar-refractivity contribution < 1.29 is 9.47 Å². The molecule has 0 N–H and O–H groups in total. The molecule has 2 nitrogen and oxygen atoms in total. The van der Waals surface area contributed by atoms with E-state index in [2.05, 4.69) is 51.1 Å². The Labute approximate surface area is 145 Å². The SMILES string of the molecule is CC(C)(C)c1ccc(OCCOc2ccc3c(c2)CCCC3)cc1. The van der Waals surface area contributed by atoms with Gasteiger partial charge >= 0.3 is 0 Å². The molecule has 0 heterocycles. The van der Waals surface area contributed by atoms with Gasteiger partial charge in [-0.15, -0.1) is 0 Å². The van der Waals surface area contributed by atoms with Crippen molar-refractivity contribution in [2.75, 3.05) is 13.2 Å². The quantitative estimate of drug-likeness (QED) is 0.693. The summed E-state index contributed by atoms with van der Waals surface area (Å²) in [7, 11) is 0. The molecule has 0 amide bonds. The first-order valence-corrected chi connectivity index (χ1v) is 9.00. The van der Waals surface area contributed by atoms with Crippen molar-refractivity contribution >= 4 is 0 Å². The molecule has 2 aromatic carbocycles. The smallest absolute Gasteiger partial charge is 0.122 e. The lowest BCUT2D eigenvalue weighted by Crippen LogP contribution is -2.12. The van der Waals surface area contributed by atoms with Gasteiger partial charge in [-0.3, -0.25) is 0 Å². The molecule has 0 saturated carbocycles. The third kappa shape index (κ3) is 4.31. The van der Waals surface area contributed by atoms with Gasteiger partial charge in [-0.1, -0.05) is 39.0 Å². The van der Waals surface area contributed by atoms with E-state index < -0.39 is 0 Å². The van der Waals surface area contributed by atoms with Gasteiger partial charge in [0.1, 0.15) is 24.7 Å². The number of hydrogen-bond donors (Lipinski definition) is 0. The second-order valence-corrected chi connectivity index (χ2v) is 7.61. The highest BCUT2D eigenvalue weighted by Crippen LogP contribution is 2.26. The van der Waals surface area contributed by atoms with Crippen LogP contribution in [0, 0.1) is 0 Å². The molecule has 1 aliphatic carbocycles. The van der Waals surface area contributed by atoms with Crippen LogP contribution < -0.4 is 9.47 Å². The second kappa shape index (κ2) is 7.29. The minimum absolute atomic E-state index is 0.175. The van der Waals surface area contributed by atoms with Gasteiger partial charge in [0.05, 0.1) is 0 Å². The van der Waals surface area contributed by atoms with E-state index in [1.54, 1.807) is 0 Å². The van der Waals surface area contributed by atoms with Gasteiger partial charge < -0.3 is 9.47 Å². The predicted octanol–water partition coefficient (Wildman–Crippen LogP) is 5.32. The lowest BCUT2D eigenvalue weighted by atomic mass is 9.87. The van der Waals surface area contributed by atoms with Gasteiger partial charge in [0, 0.05) is 0 Å². The fraction of sp³-hybridized carbons (Fsp3) is 0.455. The largest absolute Gasteiger partial charge is 0.490 e. The number of ether oxygens (including phenoxy) is 2. The summed E-state index contributed by atoms with van der Waals surface area (Å²) >= 11 is 0. The van der Waals surface area contributed by atoms with Crippen molar-refractivity contribution in [3.05, 3.63) is 59.2 Å². The highest BCUT2D eigenvalue weighted by Gasteiger charge is 2.13. The molecule has 0 saturated heterocycles. The van der Waals surface area contributed by atoms with Crippen molar-refractivity contribution in [1.82, 2.24) is 0 Å². The summed E-state index contributed by atoms with van der Waals surface area (Å²) in [6.07, 6.45) is 5.01. The maximum atomic E-state index is 5.85. The van der Waals surface area contributed by atoms with Crippen molar-refractivity contribution in [2.45, 2.75) is 51.9 Å². The molecule has 0 spiro atoms. The number of hydrogen-bond acceptors (Lipinski definition) is 2. The second-order valence-electron chi connectivity index (χ2n) is 7.61. The maximum Gasteiger partial charge on any atom is 0.122 e. The Bertz CT molecular complexity index is 665. The van der Waals surface area contributed by atoms with Crippen LogP contribution in [0.3, 0.4) is 0 Å². The number of fused-ring (bicyclic) bond motifs is 1. The predicted molar refractivity (Wildman–Crippen MR) is 99.2 cm³/mol. The molecule has 3 rings (SSSR count). The molecule has 0 fully saturated rings. The first-order valence-electron chi connectivity index (χ1n) is 9.00. The fourth-order valence-electron chi connectivity index (χ4n) is 3.17. The van der Waals surface area contributed by atoms with Crippen LogP contribution in [0.2, 0.25) is 0 Å². The van der Waals surface area contributed by atoms with E-state index in [9.17, 15) is 0 Å². The van der Waals surface area contributed by atoms with Crippen LogP contribution in [0.15, 0.2) is 42.5 Å². The van der Waals surface area contributed by atoms with Gasteiger partial charge in [0.25, 0.3) is 0 Å². The average Bonchev–Trinajstić information content (AvgIpc) is 2.58. The molecule has 24 heavy (non-hydrogen) atoms. The zero-order valence-corrected chi connectivity index (χ0v) is 15.1. The van der Waals surface area contributed by atoms with Crippen LogP contribution in [-0.4, -0.2) is 13.2 Å². The minimum Gasteiger partial charge on any atom is -0.490 e. The lowest BCUT2D eigenvalue weighted by molar-refractivity contribution is 0.217. The molecule has 0 atom stereocenters. The molecule has 1 aliphatic rings. The zero-order chi connectivity index (χ0) is 17.0. The molecule has 2 heteroatoms. The number of aryl methyl sites for hydroxylation is 2. The summed E-state index contributed by atoms with van der Waals surface area (Å²) < 4.78 is 11.6. The maximum absolute atomic E-state index is 5.85. The Morgan fingerprint density at radius 1 is 0.750 bits per heavy atom. The van der Waals surface area contributed by atoms with E-state index in [1.807, 2.05) is 12.1 Å². The standard InChI is InChI=1S/C22H28O2/c1-22(2,3)19-9-12-20(13-10-19)23-14-15-24-21-11-8-17-6-4-5-7-18(17)16-21/h8-13,16H,4-7,14-15H2,1-3H3. The highest BCUT2D eigenvalue weighted by molar-refractivity contribution is 5.37. The molecule has 2 aromatic rings. The molecule has 0 aliphatic heterocycles. The Morgan fingerprint density at radius 2 is 1.33 bits per heavy atom. The van der Waals surface area contributed by atoms with Crippen molar-refractivity contribution in [3.63, 3.8) is 0 Å². The van der Waals surface area contributed by atoms with Crippen LogP contribution in [0.25, 0.3) is 0 Å². The van der Waals surface area contributed by atoms with Crippen LogP contribution in [0.5, 0.6) is 11.5 Å². The van der Waals surface area contributed by atoms with E-state index in [-0.39, 0.29) is 5.41 Å². The summed E-state index contributed by atoms with van der Waals surface area (Å²) in [6, 6.07) is 14.9. The summed E-state index contributed by atoms with van der Waals surface area (Å²) in [5, 5.41) is 0. The van der Waals surface area contributed by atoms with E-state index in [0.717, 1.165) is 11.5 Å². The summed E-state index contributed by atoms with van der Waals surface area (Å²) in [5.41, 5.74) is 4.44. The van der Waals surface area contributed by atoms with Crippen LogP contribution in [0.4, 0.5) is 0 Å². The van der Waals surface area contributed by atoms with Crippen molar-refractivity contribution in [2.24, 2.45) is 0 Å². The normalized spacial score (nSPS) is 14.1. The van der Waals surface area contributed by atoms with E-state index >= 15 is 0 Å². The third-order valence-corrected chi connectivity index (χ3v) is 4.66. The highest BCUT2D eigenvalue weighted by atomic mass is 16.5. The molecule has 0 radical (unpaired) electrons. The van der Waals surface area contributed by atoms with Crippen LogP contribution in [0.1, 0.15) is 50.3 Å². The van der Waals surface area contributed by atoms with Crippen molar-refractivity contribution in [1.29, 1.82) is 0 Å². The van der Waals surface area contributed by atoms with E-state index in [0.29, 0.717) is 13.2 Å². The molecular formula is C22H28O2. The molecular weight excluding hydrogens is 296 g/mol. The zero-order valence-electron chi connectivity index (χ0n) is 15.1. The number of benzene rings is 2. The van der Waals surface area contributed by atoms with Gasteiger partial charge in [-0.25, -0.2) is 0 Å². The molecule has 128 valence electrons. The molecule has 0 aromatic heterocycles. The Balaban J connectivity index is 1.47. The molecule has 0 unspecified atom stereocenters. The van der Waals surface area contributed by atoms with Gasteiger partial charge in [0.15, 0.2) is 0 Å². The van der Waals surface area contributed by atoms with Crippen LogP contribution in [-0.2, 0) is 18.3 Å². The number of rotatable bonds is 5. The van der Waals surface area contributed by atoms with E-state index in [4.69, 9.17) is 9.47 Å². The average molecular weight is 324 g/mol. The first-order chi connectivity index (χ1) is 11.5. The monoisotopic (exact) mass is 324 g/mol.